The first-order chi connectivity index (χ1) is 34.4. The Balaban J connectivity index is 0. The fraction of sp³-hybridized carbons (Fsp3) is 0.855. The van der Waals surface area contributed by atoms with Gasteiger partial charge in [-0.1, -0.05) is 211 Å². The quantitative estimate of drug-likeness (QED) is 0.0196. The highest BCUT2D eigenvalue weighted by Crippen LogP contribution is 2.17. The molecule has 0 aromatic rings. The number of Topliss-reactive ketones (excluding diaryl/α,β-unsaturated/α-hetero) is 3. The van der Waals surface area contributed by atoms with E-state index in [9.17, 15) is 27.4 Å². The second-order valence-electron chi connectivity index (χ2n) is 21.2. The van der Waals surface area contributed by atoms with Crippen LogP contribution in [0.5, 0.6) is 0 Å². The van der Waals surface area contributed by atoms with Crippen LogP contribution in [0.4, 0.5) is 0 Å². The lowest BCUT2D eigenvalue weighted by molar-refractivity contribution is -0.907. The van der Waals surface area contributed by atoms with E-state index in [0.29, 0.717) is 60.4 Å². The second-order valence-corrected chi connectivity index (χ2v) is 22.4. The standard InChI is InChI=1S/C61H114NO3.CH4O4S/c1-5-8-11-14-17-20-23-26-29-32-35-38-41-44-47-50-59(63)53-56-62(4,57-54-60(64)51-48-45-42-39-36-33-30-27-24-21-18-15-12-9-6-2)58-55-61(65)52-49-46-43-40-37-34-31-28-25-22-19-16-13-10-7-3;1-5-6(2,3)4/h26-31H,5-25,32-58H2,1-4H3;1H3,(H,2,3,4)/q+1;/p-1/b29-26-,30-27+,31-28+;. The number of hydrogen-bond donors (Lipinski definition) is 0. The van der Waals surface area contributed by atoms with Gasteiger partial charge in [0, 0.05) is 19.3 Å². The van der Waals surface area contributed by atoms with Gasteiger partial charge in [-0.05, 0) is 96.3 Å². The van der Waals surface area contributed by atoms with E-state index < -0.39 is 10.4 Å². The molecule has 0 rings (SSSR count). The Bertz CT molecular complexity index is 1240. The van der Waals surface area contributed by atoms with Crippen molar-refractivity contribution in [2.75, 3.05) is 33.8 Å². The summed E-state index contributed by atoms with van der Waals surface area (Å²) in [6.07, 6.45) is 67.3. The number of allylic oxidation sites excluding steroid dienone is 6. The van der Waals surface area contributed by atoms with Crippen LogP contribution in [-0.2, 0) is 29.0 Å². The Morgan fingerprint density at radius 2 is 0.535 bits per heavy atom. The second kappa shape index (κ2) is 55.8. The van der Waals surface area contributed by atoms with Gasteiger partial charge in [0.2, 0.25) is 10.4 Å². The highest BCUT2D eigenvalue weighted by molar-refractivity contribution is 7.80. The van der Waals surface area contributed by atoms with Crippen molar-refractivity contribution >= 4 is 27.7 Å². The fourth-order valence-electron chi connectivity index (χ4n) is 9.07. The molecule has 0 radical (unpaired) electrons. The molecule has 8 nitrogen and oxygen atoms in total. The molecule has 0 amide bonds. The van der Waals surface area contributed by atoms with Crippen LogP contribution in [0.3, 0.4) is 0 Å². The third-order valence-corrected chi connectivity index (χ3v) is 14.6. The highest BCUT2D eigenvalue weighted by atomic mass is 32.3. The molecule has 0 aliphatic carbocycles. The zero-order chi connectivity index (χ0) is 52.6. The van der Waals surface area contributed by atoms with Gasteiger partial charge in [-0.25, -0.2) is 8.42 Å². The van der Waals surface area contributed by atoms with E-state index in [1.54, 1.807) is 0 Å². The molecule has 0 unspecified atom stereocenters. The molecule has 0 heterocycles. The van der Waals surface area contributed by atoms with Gasteiger partial charge in [0.05, 0.1) is 53.1 Å². The number of hydrogen-bond acceptors (Lipinski definition) is 7. The minimum absolute atomic E-state index is 0.353. The number of quaternary nitrogens is 1. The van der Waals surface area contributed by atoms with E-state index in [2.05, 4.69) is 68.5 Å². The number of ketones is 3. The molecule has 0 spiro atoms. The summed E-state index contributed by atoms with van der Waals surface area (Å²) in [5.74, 6) is 1.06. The molecule has 71 heavy (non-hydrogen) atoms. The summed E-state index contributed by atoms with van der Waals surface area (Å²) in [5.41, 5.74) is 0. The Labute approximate surface area is 441 Å². The first-order valence-corrected chi connectivity index (χ1v) is 31.6. The molecule has 0 atom stereocenters. The van der Waals surface area contributed by atoms with E-state index in [1.807, 2.05) is 0 Å². The van der Waals surface area contributed by atoms with Crippen molar-refractivity contribution in [2.45, 2.75) is 310 Å². The predicted molar refractivity (Wildman–Crippen MR) is 305 cm³/mol. The summed E-state index contributed by atoms with van der Waals surface area (Å²) in [6, 6.07) is 0. The lowest BCUT2D eigenvalue weighted by Crippen LogP contribution is -2.48. The van der Waals surface area contributed by atoms with Crippen LogP contribution in [0.2, 0.25) is 0 Å². The molecule has 418 valence electrons. The molecular formula is C62H117NO7S. The zero-order valence-corrected chi connectivity index (χ0v) is 48.4. The summed E-state index contributed by atoms with van der Waals surface area (Å²) in [4.78, 5) is 39.2. The van der Waals surface area contributed by atoms with Gasteiger partial charge in [-0.15, -0.1) is 0 Å². The van der Waals surface area contributed by atoms with Crippen LogP contribution >= 0.6 is 0 Å². The van der Waals surface area contributed by atoms with Crippen molar-refractivity contribution in [1.29, 1.82) is 0 Å². The molecule has 0 fully saturated rings. The van der Waals surface area contributed by atoms with E-state index in [0.717, 1.165) is 65.3 Å². The van der Waals surface area contributed by atoms with Gasteiger partial charge < -0.3 is 9.04 Å². The van der Waals surface area contributed by atoms with E-state index in [4.69, 9.17) is 0 Å². The Hall–Kier alpha value is -1.94. The van der Waals surface area contributed by atoms with Crippen molar-refractivity contribution in [3.8, 4) is 0 Å². The summed E-state index contributed by atoms with van der Waals surface area (Å²) >= 11 is 0. The van der Waals surface area contributed by atoms with Crippen molar-refractivity contribution in [1.82, 2.24) is 0 Å². The maximum absolute atomic E-state index is 13.1. The largest absolute Gasteiger partial charge is 0.726 e. The van der Waals surface area contributed by atoms with E-state index in [-0.39, 0.29) is 0 Å². The summed E-state index contributed by atoms with van der Waals surface area (Å²) in [7, 11) is -1.41. The smallest absolute Gasteiger partial charge is 0.217 e. The zero-order valence-electron chi connectivity index (χ0n) is 47.6. The molecule has 0 aromatic heterocycles. The van der Waals surface area contributed by atoms with Crippen LogP contribution < -0.4 is 0 Å². The maximum atomic E-state index is 13.1. The normalized spacial score (nSPS) is 12.1. The number of carbonyl (C=O) groups is 3. The Kier molecular flexibility index (Phi) is 55.9. The first-order valence-electron chi connectivity index (χ1n) is 30.3. The van der Waals surface area contributed by atoms with Gasteiger partial charge in [-0.2, -0.15) is 0 Å². The Morgan fingerprint density at radius 3 is 0.732 bits per heavy atom. The molecule has 9 heteroatoms. The number of unbranched alkanes of at least 4 members (excludes halogenated alkanes) is 33. The number of carbonyl (C=O) groups excluding carboxylic acids is 3. The van der Waals surface area contributed by atoms with Crippen molar-refractivity contribution < 1.29 is 36.0 Å². The predicted octanol–water partition coefficient (Wildman–Crippen LogP) is 18.5. The minimum atomic E-state index is -4.41. The maximum Gasteiger partial charge on any atom is 0.217 e. The molecule has 0 aliphatic rings. The average Bonchev–Trinajstić information content (AvgIpc) is 3.35. The van der Waals surface area contributed by atoms with Crippen molar-refractivity contribution in [3.63, 3.8) is 0 Å². The summed E-state index contributed by atoms with van der Waals surface area (Å²) in [6.45, 7) is 9.06. The van der Waals surface area contributed by atoms with Crippen LogP contribution in [-0.4, -0.2) is 68.6 Å². The lowest BCUT2D eigenvalue weighted by Gasteiger charge is -2.34. The van der Waals surface area contributed by atoms with E-state index >= 15 is 0 Å². The molecular weight excluding hydrogens is 903 g/mol. The van der Waals surface area contributed by atoms with Gasteiger partial charge in [0.1, 0.15) is 17.3 Å². The number of rotatable bonds is 55. The summed E-state index contributed by atoms with van der Waals surface area (Å²) in [5, 5.41) is 0. The van der Waals surface area contributed by atoms with Crippen molar-refractivity contribution in [2.24, 2.45) is 0 Å². The topological polar surface area (TPSA) is 118 Å². The lowest BCUT2D eigenvalue weighted by atomic mass is 10.0. The fourth-order valence-corrected chi connectivity index (χ4v) is 9.07. The first kappa shape index (κ1) is 71.1. The van der Waals surface area contributed by atoms with Crippen LogP contribution in [0.25, 0.3) is 0 Å². The van der Waals surface area contributed by atoms with Crippen LogP contribution in [0.1, 0.15) is 310 Å². The molecule has 0 aliphatic heterocycles. The highest BCUT2D eigenvalue weighted by Gasteiger charge is 2.25. The van der Waals surface area contributed by atoms with Crippen LogP contribution in [0.15, 0.2) is 36.5 Å². The molecule has 0 N–H and O–H groups in total. The third kappa shape index (κ3) is 60.5. The SMILES string of the molecule is CCCCCCCC/C=C\CCCCCCCC(=O)CC[N+](C)(CCC(=O)CCCCCCC/C=C/CCCCCCCC)CCC(=O)CCCCCCC/C=C/CCCCCCCC.COS(=O)(=O)[O-]. The molecule has 0 aromatic carbocycles. The van der Waals surface area contributed by atoms with Gasteiger partial charge >= 0.3 is 0 Å². The van der Waals surface area contributed by atoms with Gasteiger partial charge in [-0.3, -0.25) is 18.6 Å². The monoisotopic (exact) mass is 1020 g/mol. The van der Waals surface area contributed by atoms with Crippen LogP contribution in [0, 0.1) is 0 Å². The average molecular weight is 1020 g/mol. The van der Waals surface area contributed by atoms with Gasteiger partial charge in [0.15, 0.2) is 0 Å². The number of nitrogens with zero attached hydrogens (tertiary/aromatic N) is 1. The van der Waals surface area contributed by atoms with Gasteiger partial charge in [0.25, 0.3) is 0 Å². The molecule has 0 bridgehead atoms. The third-order valence-electron chi connectivity index (χ3n) is 14.1. The van der Waals surface area contributed by atoms with E-state index in [1.165, 1.54) is 212 Å². The minimum Gasteiger partial charge on any atom is -0.726 e. The molecule has 0 saturated carbocycles. The Morgan fingerprint density at radius 1 is 0.352 bits per heavy atom. The molecule has 0 saturated heterocycles. The van der Waals surface area contributed by atoms with Crippen molar-refractivity contribution in [3.05, 3.63) is 36.5 Å². The summed E-state index contributed by atoms with van der Waals surface area (Å²) < 4.78 is 31.7.